The lowest BCUT2D eigenvalue weighted by atomic mass is 9.78. The first-order valence-electron chi connectivity index (χ1n) is 45.9. The molecule has 0 amide bonds. The third-order valence-electron chi connectivity index (χ3n) is 23.0. The average Bonchev–Trinajstić information content (AvgIpc) is 0.812. The molecular formula is C128H132O3S2. The molecule has 19 rings (SSSR count). The topological polar surface area (TPSA) is 43.4 Å². The molecule has 0 heterocycles. The number of ether oxygens (including phenoxy) is 1. The van der Waals surface area contributed by atoms with Gasteiger partial charge in [0.2, 0.25) is 9.84 Å². The molecule has 0 atom stereocenters. The van der Waals surface area contributed by atoms with E-state index < -0.39 is 9.84 Å². The third kappa shape index (κ3) is 33.6. The molecule has 0 bridgehead atoms. The molecule has 674 valence electrons. The van der Waals surface area contributed by atoms with Crippen molar-refractivity contribution in [3.8, 4) is 11.5 Å². The fraction of sp³-hybridized carbons (Fsp3) is 0.172. The lowest BCUT2D eigenvalue weighted by molar-refractivity contribution is 0.482. The molecule has 0 saturated heterocycles. The third-order valence-corrected chi connectivity index (χ3v) is 25.8. The fourth-order valence-corrected chi connectivity index (χ4v) is 16.5. The maximum absolute atomic E-state index is 12.3. The van der Waals surface area contributed by atoms with Gasteiger partial charge >= 0.3 is 0 Å². The van der Waals surface area contributed by atoms with Gasteiger partial charge in [0.25, 0.3) is 0 Å². The first kappa shape index (κ1) is 101. The molecule has 0 unspecified atom stereocenters. The second-order valence-electron chi connectivity index (χ2n) is 35.5. The molecule has 19 aromatic carbocycles. The Labute approximate surface area is 800 Å². The predicted octanol–water partition coefficient (Wildman–Crippen LogP) is 35.7. The summed E-state index contributed by atoms with van der Waals surface area (Å²) in [4.78, 5) is 3.27. The number of hydrogen-bond acceptors (Lipinski definition) is 4. The summed E-state index contributed by atoms with van der Waals surface area (Å²) < 4.78 is 30.2. The number of benzene rings is 19. The van der Waals surface area contributed by atoms with Gasteiger partial charge in [-0.3, -0.25) is 0 Å². The zero-order chi connectivity index (χ0) is 95.4. The Morgan fingerprint density at radius 2 is 0.444 bits per heavy atom. The van der Waals surface area contributed by atoms with Crippen molar-refractivity contribution in [1.29, 1.82) is 0 Å². The number of hydrogen-bond donors (Lipinski definition) is 0. The van der Waals surface area contributed by atoms with Crippen molar-refractivity contribution in [2.75, 3.05) is 0 Å². The van der Waals surface area contributed by atoms with Crippen LogP contribution < -0.4 is 4.74 Å². The lowest BCUT2D eigenvalue weighted by Gasteiger charge is -2.26. The molecule has 5 heteroatoms. The van der Waals surface area contributed by atoms with Crippen molar-refractivity contribution in [2.45, 2.75) is 170 Å². The van der Waals surface area contributed by atoms with E-state index in [0.717, 1.165) is 29.0 Å². The van der Waals surface area contributed by atoms with Crippen LogP contribution in [0.4, 0.5) is 0 Å². The summed E-state index contributed by atoms with van der Waals surface area (Å²) in [5.41, 5.74) is 28.7. The molecule has 133 heavy (non-hydrogen) atoms. The number of aryl methyl sites for hydroxylation is 18. The molecule has 0 fully saturated rings. The van der Waals surface area contributed by atoms with Gasteiger partial charge in [-0.1, -0.05) is 466 Å². The molecule has 0 aliphatic carbocycles. The van der Waals surface area contributed by atoms with E-state index in [1.807, 2.05) is 62.4 Å². The predicted molar refractivity (Wildman–Crippen MR) is 577 cm³/mol. The first-order chi connectivity index (χ1) is 63.8. The summed E-state index contributed by atoms with van der Waals surface area (Å²) in [7, 11) is -3.37. The molecule has 19 aromatic rings. The Morgan fingerprint density at radius 3 is 0.737 bits per heavy atom. The summed E-state index contributed by atoms with van der Waals surface area (Å²) >= 11 is 1.80. The normalized spacial score (nSPS) is 10.5. The quantitative estimate of drug-likeness (QED) is 0.137. The minimum Gasteiger partial charge on any atom is -0.457 e. The van der Waals surface area contributed by atoms with Crippen LogP contribution in [0.25, 0.3) is 43.1 Å². The van der Waals surface area contributed by atoms with E-state index in [1.165, 1.54) is 164 Å². The smallest absolute Gasteiger partial charge is 0.206 e. The largest absolute Gasteiger partial charge is 0.457 e. The van der Waals surface area contributed by atoms with E-state index in [9.17, 15) is 8.42 Å². The molecular weight excluding hydrogens is 1650 g/mol. The van der Waals surface area contributed by atoms with Gasteiger partial charge in [0.05, 0.1) is 9.79 Å². The molecule has 0 N–H and O–H groups in total. The van der Waals surface area contributed by atoms with Crippen molar-refractivity contribution in [2.24, 2.45) is 0 Å². The monoisotopic (exact) mass is 1780 g/mol. The van der Waals surface area contributed by atoms with E-state index >= 15 is 0 Å². The number of rotatable bonds is 10. The molecule has 3 nitrogen and oxygen atoms in total. The van der Waals surface area contributed by atoms with E-state index in [0.29, 0.717) is 9.79 Å². The molecule has 0 radical (unpaired) electrons. The standard InChI is InChI=1S/C17H20.C15H16.C14H14O2S.C14H14O.C14H14S.3C12H12.C10H8.C8H10/c1-13-5-9-15(10-6-13)17(3,4)16-11-7-14(2)8-12-16;1-12-3-7-14(8-4-12)11-15-9-5-13(2)6-10-15;1-11-3-7-13(8-4-11)17(15,16)14-9-5-12(2)6-10-14;2*1-11-3-7-13(8-4-11)15-14-9-5-12(2)6-10-14;1-9-3-5-12-8-10(2)4-6-11(12)7-9;1-9-3-5-11-6-4-10(2)8-12(11)7-9;1-9-5-3-8-12-10(2)6-4-7-11(9)12;1-2-6-10-8-4-3-7-9(10)5-1;1-7-3-5-8(2)6-4-7/h5-12H,1-4H3;3-10H,11H2,1-2H3;3-10H,1-2H3;2*3-10H,1-2H3;3*3-8H,1-2H3;1-8H;3-6H,1-2H3. The van der Waals surface area contributed by atoms with E-state index in [1.54, 1.807) is 60.3 Å². The number of fused-ring (bicyclic) bond motifs is 4. The highest BCUT2D eigenvalue weighted by molar-refractivity contribution is 7.99. The summed E-state index contributed by atoms with van der Waals surface area (Å²) in [6.07, 6.45) is 1.03. The zero-order valence-corrected chi connectivity index (χ0v) is 83.3. The maximum atomic E-state index is 12.3. The van der Waals surface area contributed by atoms with E-state index in [-0.39, 0.29) is 5.41 Å². The highest BCUT2D eigenvalue weighted by atomic mass is 32.2. The second-order valence-corrected chi connectivity index (χ2v) is 38.6. The maximum Gasteiger partial charge on any atom is 0.206 e. The van der Waals surface area contributed by atoms with Gasteiger partial charge in [0, 0.05) is 15.2 Å². The van der Waals surface area contributed by atoms with Gasteiger partial charge in [0.1, 0.15) is 11.5 Å². The lowest BCUT2D eigenvalue weighted by Crippen LogP contribution is -2.18. The van der Waals surface area contributed by atoms with Crippen LogP contribution in [0.3, 0.4) is 0 Å². The minimum absolute atomic E-state index is 0.0708. The van der Waals surface area contributed by atoms with Crippen LogP contribution in [0.1, 0.15) is 136 Å². The molecule has 0 aliphatic rings. The minimum atomic E-state index is -3.37. The molecule has 0 spiro atoms. The first-order valence-corrected chi connectivity index (χ1v) is 48.2. The van der Waals surface area contributed by atoms with Crippen molar-refractivity contribution in [1.82, 2.24) is 0 Å². The van der Waals surface area contributed by atoms with Crippen molar-refractivity contribution in [3.63, 3.8) is 0 Å². The van der Waals surface area contributed by atoms with Crippen LogP contribution in [-0.2, 0) is 21.7 Å². The van der Waals surface area contributed by atoms with E-state index in [4.69, 9.17) is 4.74 Å². The molecule has 0 aliphatic heterocycles. The van der Waals surface area contributed by atoms with Gasteiger partial charge in [-0.15, -0.1) is 0 Å². The average molecular weight is 1780 g/mol. The van der Waals surface area contributed by atoms with Gasteiger partial charge < -0.3 is 4.74 Å². The van der Waals surface area contributed by atoms with Gasteiger partial charge in [-0.05, 0) is 280 Å². The molecule has 0 aromatic heterocycles. The van der Waals surface area contributed by atoms with Crippen LogP contribution >= 0.6 is 11.8 Å². The van der Waals surface area contributed by atoms with Gasteiger partial charge in [-0.2, -0.15) is 0 Å². The summed E-state index contributed by atoms with van der Waals surface area (Å²) in [5, 5.41) is 10.7. The fourth-order valence-electron chi connectivity index (χ4n) is 14.4. The SMILES string of the molecule is Cc1ccc(C(C)(C)c2ccc(C)cc2)cc1.Cc1ccc(C)cc1.Cc1ccc(Cc2ccc(C)cc2)cc1.Cc1ccc(Oc2ccc(C)cc2)cc1.Cc1ccc(S(=O)(=O)c2ccc(C)cc2)cc1.Cc1ccc(Sc2ccc(C)cc2)cc1.Cc1ccc2cc(C)ccc2c1.Cc1ccc2ccc(C)cc2c1.Cc1cccc2c(C)cccc12.c1ccc2ccccc2c1. The van der Waals surface area contributed by atoms with Crippen LogP contribution in [0.15, 0.2) is 444 Å². The summed E-state index contributed by atoms with van der Waals surface area (Å²) in [6, 6.07) is 147. The van der Waals surface area contributed by atoms with Gasteiger partial charge in [0.15, 0.2) is 0 Å². The van der Waals surface area contributed by atoms with Crippen LogP contribution in [0.2, 0.25) is 0 Å². The van der Waals surface area contributed by atoms with Gasteiger partial charge in [-0.25, -0.2) is 8.42 Å². The number of sulfone groups is 1. The Hall–Kier alpha value is -13.7. The second kappa shape index (κ2) is 50.6. The Bertz CT molecular complexity index is 6250. The zero-order valence-electron chi connectivity index (χ0n) is 81.7. The van der Waals surface area contributed by atoms with Crippen LogP contribution in [-0.4, -0.2) is 8.42 Å². The van der Waals surface area contributed by atoms with Crippen molar-refractivity contribution in [3.05, 3.63) is 547 Å². The Kier molecular flexibility index (Phi) is 38.6. The van der Waals surface area contributed by atoms with Crippen molar-refractivity contribution < 1.29 is 13.2 Å². The van der Waals surface area contributed by atoms with Crippen LogP contribution in [0, 0.1) is 125 Å². The highest BCUT2D eigenvalue weighted by Gasteiger charge is 2.23. The van der Waals surface area contributed by atoms with E-state index in [2.05, 4.69) is 452 Å². The summed E-state index contributed by atoms with van der Waals surface area (Å²) in [5.74, 6) is 1.76. The summed E-state index contributed by atoms with van der Waals surface area (Å²) in [6.45, 7) is 42.3. The molecule has 0 saturated carbocycles. The van der Waals surface area contributed by atoms with Crippen molar-refractivity contribution >= 4 is 64.7 Å². The van der Waals surface area contributed by atoms with Crippen LogP contribution in [0.5, 0.6) is 11.5 Å². The Balaban J connectivity index is 0.000000154. The highest BCUT2D eigenvalue weighted by Crippen LogP contribution is 2.33. The Morgan fingerprint density at radius 1 is 0.218 bits per heavy atom.